The maximum atomic E-state index is 11.7. The summed E-state index contributed by atoms with van der Waals surface area (Å²) in [6, 6.07) is 7.81. The molecular weight excluding hydrogens is 293 g/mol. The van der Waals surface area contributed by atoms with Crippen LogP contribution < -0.4 is 10.3 Å². The van der Waals surface area contributed by atoms with Crippen molar-refractivity contribution in [1.29, 1.82) is 0 Å². The third kappa shape index (κ3) is 3.24. The van der Waals surface area contributed by atoms with E-state index in [0.717, 1.165) is 5.56 Å². The van der Waals surface area contributed by atoms with Crippen LogP contribution in [0.4, 0.5) is 0 Å². The van der Waals surface area contributed by atoms with E-state index in [1.807, 2.05) is 6.92 Å². The number of ether oxygens (including phenoxy) is 1. The van der Waals surface area contributed by atoms with Gasteiger partial charge in [-0.1, -0.05) is 13.1 Å². The van der Waals surface area contributed by atoms with Crippen LogP contribution in [0.1, 0.15) is 5.56 Å². The van der Waals surface area contributed by atoms with Crippen LogP contribution in [0.15, 0.2) is 35.4 Å². The molecule has 0 bridgehead atoms. The van der Waals surface area contributed by atoms with Crippen molar-refractivity contribution in [3.8, 4) is 11.6 Å². The summed E-state index contributed by atoms with van der Waals surface area (Å²) in [6.45, 7) is 1.90. The van der Waals surface area contributed by atoms with E-state index >= 15 is 0 Å². The molecular formula is C12H11N2O2Y-. The van der Waals surface area contributed by atoms with Crippen molar-refractivity contribution < 1.29 is 37.4 Å². The summed E-state index contributed by atoms with van der Waals surface area (Å²) >= 11 is 0. The number of aromatic nitrogens is 2. The van der Waals surface area contributed by atoms with Crippen molar-refractivity contribution >= 4 is 0 Å². The fourth-order valence-corrected chi connectivity index (χ4v) is 1.32. The van der Waals surface area contributed by atoms with Gasteiger partial charge in [0.15, 0.2) is 0 Å². The van der Waals surface area contributed by atoms with Gasteiger partial charge in [0.25, 0.3) is 0 Å². The topological polar surface area (TPSA) is 44.1 Å². The smallest absolute Gasteiger partial charge is 0.248 e. The largest absolute Gasteiger partial charge is 0.497 e. The molecule has 2 aromatic heterocycles. The summed E-state index contributed by atoms with van der Waals surface area (Å²) in [5, 5.41) is 0. The van der Waals surface area contributed by atoms with Crippen molar-refractivity contribution in [3.63, 3.8) is 0 Å². The Morgan fingerprint density at radius 2 is 2.24 bits per heavy atom. The summed E-state index contributed by atoms with van der Waals surface area (Å²) in [6.07, 6.45) is 3.30. The van der Waals surface area contributed by atoms with Gasteiger partial charge in [0, 0.05) is 50.8 Å². The van der Waals surface area contributed by atoms with Crippen LogP contribution in [0.2, 0.25) is 0 Å². The molecule has 0 spiro atoms. The Balaban J connectivity index is 0.00000144. The Hall–Kier alpha value is -0.996. The van der Waals surface area contributed by atoms with Gasteiger partial charge in [-0.3, -0.25) is 4.79 Å². The molecule has 0 aliphatic heterocycles. The van der Waals surface area contributed by atoms with E-state index in [2.05, 4.69) is 11.1 Å². The van der Waals surface area contributed by atoms with Gasteiger partial charge < -0.3 is 14.3 Å². The standard InChI is InChI=1S/C12H11N2O2.Y/c1-9-3-4-11(13-8-9)14-6-5-10(16-2)7-12(14)15;/h4-8H,1-2H3;/q-1;. The molecule has 0 saturated carbocycles. The molecule has 0 amide bonds. The molecule has 0 N–H and O–H groups in total. The maximum Gasteiger partial charge on any atom is 0.248 e. The quantitative estimate of drug-likeness (QED) is 0.787. The van der Waals surface area contributed by atoms with Gasteiger partial charge in [0.1, 0.15) is 5.75 Å². The van der Waals surface area contributed by atoms with Crippen LogP contribution in [0, 0.1) is 13.0 Å². The number of nitrogens with zero attached hydrogens (tertiary/aromatic N) is 2. The summed E-state index contributed by atoms with van der Waals surface area (Å²) in [5.74, 6) is 1.09. The van der Waals surface area contributed by atoms with E-state index in [1.165, 1.54) is 17.7 Å². The molecule has 0 atom stereocenters. The van der Waals surface area contributed by atoms with E-state index in [-0.39, 0.29) is 38.3 Å². The molecule has 0 aromatic carbocycles. The molecule has 0 fully saturated rings. The monoisotopic (exact) mass is 304 g/mol. The predicted molar refractivity (Wildman–Crippen MR) is 60.0 cm³/mol. The number of rotatable bonds is 2. The minimum Gasteiger partial charge on any atom is -0.497 e. The van der Waals surface area contributed by atoms with E-state index < -0.39 is 0 Å². The van der Waals surface area contributed by atoms with Crippen LogP contribution in [-0.4, -0.2) is 16.7 Å². The van der Waals surface area contributed by atoms with Gasteiger partial charge in [-0.25, -0.2) is 0 Å². The Bertz CT molecular complexity index is 549. The molecule has 0 unspecified atom stereocenters. The Morgan fingerprint density at radius 3 is 2.76 bits per heavy atom. The van der Waals surface area contributed by atoms with Crippen LogP contribution in [0.25, 0.3) is 5.82 Å². The second kappa shape index (κ2) is 6.08. The molecule has 17 heavy (non-hydrogen) atoms. The van der Waals surface area contributed by atoms with Crippen molar-refractivity contribution in [2.45, 2.75) is 6.92 Å². The molecule has 85 valence electrons. The molecule has 0 aliphatic rings. The van der Waals surface area contributed by atoms with Crippen LogP contribution >= 0.6 is 0 Å². The second-order valence-electron chi connectivity index (χ2n) is 3.36. The molecule has 0 saturated heterocycles. The number of aryl methyl sites for hydroxylation is 1. The van der Waals surface area contributed by atoms with Crippen LogP contribution in [0.3, 0.4) is 0 Å². The van der Waals surface area contributed by atoms with Crippen molar-refractivity contribution in [1.82, 2.24) is 9.55 Å². The number of hydrogen-bond donors (Lipinski definition) is 0. The third-order valence-electron chi connectivity index (χ3n) is 2.19. The fraction of sp³-hybridized carbons (Fsp3) is 0.167. The normalized spacial score (nSPS) is 9.53. The summed E-state index contributed by atoms with van der Waals surface area (Å²) in [4.78, 5) is 15.9. The SMILES string of the molecule is COc1ccn(-c2c[c-]c(C)cn2)c(=O)c1.[Y]. The van der Waals surface area contributed by atoms with Crippen molar-refractivity contribution in [2.24, 2.45) is 0 Å². The van der Waals surface area contributed by atoms with E-state index in [9.17, 15) is 4.79 Å². The van der Waals surface area contributed by atoms with Crippen LogP contribution in [-0.2, 0) is 32.7 Å². The zero-order valence-electron chi connectivity index (χ0n) is 9.68. The molecule has 1 radical (unpaired) electrons. The first kappa shape index (κ1) is 14.1. The first-order valence-electron chi connectivity index (χ1n) is 4.82. The van der Waals surface area contributed by atoms with E-state index in [0.29, 0.717) is 11.6 Å². The number of hydrogen-bond acceptors (Lipinski definition) is 3. The maximum absolute atomic E-state index is 11.7. The molecule has 0 aliphatic carbocycles. The summed E-state index contributed by atoms with van der Waals surface area (Å²) < 4.78 is 6.41. The number of methoxy groups -OCH3 is 1. The minimum absolute atomic E-state index is 0. The van der Waals surface area contributed by atoms with E-state index in [4.69, 9.17) is 4.74 Å². The average Bonchev–Trinajstić information content (AvgIpc) is 2.30. The molecule has 2 aromatic rings. The zero-order chi connectivity index (χ0) is 11.5. The Kier molecular flexibility index (Phi) is 5.03. The van der Waals surface area contributed by atoms with E-state index in [1.54, 1.807) is 24.5 Å². The van der Waals surface area contributed by atoms with Gasteiger partial charge in [0.2, 0.25) is 5.56 Å². The van der Waals surface area contributed by atoms with Gasteiger partial charge in [0.05, 0.1) is 7.11 Å². The molecule has 4 nitrogen and oxygen atoms in total. The number of pyridine rings is 2. The zero-order valence-corrected chi connectivity index (χ0v) is 12.5. The van der Waals surface area contributed by atoms with Gasteiger partial charge in [-0.2, -0.15) is 6.07 Å². The predicted octanol–water partition coefficient (Wildman–Crippen LogP) is 1.35. The van der Waals surface area contributed by atoms with Gasteiger partial charge in [-0.05, 0) is 6.07 Å². The fourth-order valence-electron chi connectivity index (χ4n) is 1.32. The van der Waals surface area contributed by atoms with Crippen LogP contribution in [0.5, 0.6) is 5.75 Å². The summed E-state index contributed by atoms with van der Waals surface area (Å²) in [7, 11) is 1.52. The van der Waals surface area contributed by atoms with Crippen molar-refractivity contribution in [3.05, 3.63) is 52.6 Å². The van der Waals surface area contributed by atoms with Gasteiger partial charge in [-0.15, -0.1) is 11.6 Å². The van der Waals surface area contributed by atoms with Crippen molar-refractivity contribution in [2.75, 3.05) is 7.11 Å². The first-order valence-corrected chi connectivity index (χ1v) is 4.82. The Labute approximate surface area is 125 Å². The summed E-state index contributed by atoms with van der Waals surface area (Å²) in [5.41, 5.74) is 0.759. The average molecular weight is 304 g/mol. The Morgan fingerprint density at radius 1 is 1.47 bits per heavy atom. The van der Waals surface area contributed by atoms with Gasteiger partial charge >= 0.3 is 0 Å². The first-order chi connectivity index (χ1) is 7.70. The second-order valence-corrected chi connectivity index (χ2v) is 3.36. The minimum atomic E-state index is -0.177. The molecule has 2 rings (SSSR count). The molecule has 2 heterocycles. The molecule has 5 heteroatoms. The third-order valence-corrected chi connectivity index (χ3v) is 2.19.